The van der Waals surface area contributed by atoms with Gasteiger partial charge >= 0.3 is 6.18 Å². The molecule has 1 aromatic heterocycles. The Bertz CT molecular complexity index is 414. The Labute approximate surface area is 136 Å². The number of nitrogens with zero attached hydrogens (tertiary/aromatic N) is 2. The van der Waals surface area contributed by atoms with Crippen molar-refractivity contribution in [2.24, 2.45) is 0 Å². The molecule has 1 aliphatic heterocycles. The molecule has 1 aliphatic rings. The van der Waals surface area contributed by atoms with Crippen LogP contribution in [-0.4, -0.2) is 42.2 Å². The summed E-state index contributed by atoms with van der Waals surface area (Å²) in [6, 6.07) is 1.40. The van der Waals surface area contributed by atoms with Gasteiger partial charge in [-0.05, 0) is 22.0 Å². The van der Waals surface area contributed by atoms with Gasteiger partial charge in [-0.2, -0.15) is 13.2 Å². The Morgan fingerprint density at radius 1 is 1.25 bits per heavy atom. The van der Waals surface area contributed by atoms with E-state index in [1.54, 1.807) is 0 Å². The van der Waals surface area contributed by atoms with Crippen LogP contribution < -0.4 is 5.32 Å². The van der Waals surface area contributed by atoms with E-state index in [-0.39, 0.29) is 35.0 Å². The fourth-order valence-electron chi connectivity index (χ4n) is 2.12. The van der Waals surface area contributed by atoms with Crippen molar-refractivity contribution in [3.8, 4) is 0 Å². The molecule has 0 aromatic carbocycles. The molecule has 116 valence electrons. The summed E-state index contributed by atoms with van der Waals surface area (Å²) in [5.74, 6) is 0. The van der Waals surface area contributed by atoms with Crippen molar-refractivity contribution in [1.29, 1.82) is 0 Å². The van der Waals surface area contributed by atoms with Crippen molar-refractivity contribution in [3.05, 3.63) is 28.5 Å². The highest BCUT2D eigenvalue weighted by molar-refractivity contribution is 9.10. The predicted molar refractivity (Wildman–Crippen MR) is 79.7 cm³/mol. The standard InChI is InChI=1S/C11H13BrF3N3.2ClH/c12-10-8(2-1-3-17-10)9(11(13,14)15)18-6-4-16-5-7-18;;/h1-3,9,16H,4-7H2;2*1H/t9-;;/m1../s1. The zero-order chi connectivity index (χ0) is 13.2. The van der Waals surface area contributed by atoms with Crippen LogP contribution in [0.4, 0.5) is 13.2 Å². The average Bonchev–Trinajstić information content (AvgIpc) is 2.32. The van der Waals surface area contributed by atoms with Crippen LogP contribution in [0.5, 0.6) is 0 Å². The molecule has 0 aliphatic carbocycles. The largest absolute Gasteiger partial charge is 0.408 e. The second kappa shape index (κ2) is 8.38. The van der Waals surface area contributed by atoms with Crippen LogP contribution in [0.15, 0.2) is 22.9 Å². The van der Waals surface area contributed by atoms with E-state index in [1.807, 2.05) is 0 Å². The first-order chi connectivity index (χ1) is 8.50. The van der Waals surface area contributed by atoms with Crippen LogP contribution in [0, 0.1) is 0 Å². The van der Waals surface area contributed by atoms with Crippen molar-refractivity contribution in [2.75, 3.05) is 26.2 Å². The molecule has 0 bridgehead atoms. The summed E-state index contributed by atoms with van der Waals surface area (Å²) in [6.45, 7) is 1.91. The van der Waals surface area contributed by atoms with Crippen LogP contribution >= 0.6 is 40.7 Å². The normalized spacial score (nSPS) is 17.8. The molecule has 0 saturated carbocycles. The molecule has 0 unspecified atom stereocenters. The highest BCUT2D eigenvalue weighted by atomic mass is 79.9. The van der Waals surface area contributed by atoms with Gasteiger partial charge < -0.3 is 5.32 Å². The van der Waals surface area contributed by atoms with Crippen molar-refractivity contribution in [2.45, 2.75) is 12.2 Å². The van der Waals surface area contributed by atoms with Crippen LogP contribution in [0.25, 0.3) is 0 Å². The molecule has 0 radical (unpaired) electrons. The van der Waals surface area contributed by atoms with E-state index in [4.69, 9.17) is 0 Å². The second-order valence-electron chi connectivity index (χ2n) is 4.11. The maximum absolute atomic E-state index is 13.3. The Kier molecular flexibility index (Phi) is 8.35. The van der Waals surface area contributed by atoms with Crippen LogP contribution in [0.3, 0.4) is 0 Å². The molecule has 2 heterocycles. The van der Waals surface area contributed by atoms with Gasteiger partial charge in [0.05, 0.1) is 0 Å². The summed E-state index contributed by atoms with van der Waals surface area (Å²) in [7, 11) is 0. The minimum Gasteiger partial charge on any atom is -0.314 e. The number of pyridine rings is 1. The number of hydrogen-bond acceptors (Lipinski definition) is 3. The van der Waals surface area contributed by atoms with Crippen molar-refractivity contribution < 1.29 is 13.2 Å². The zero-order valence-electron chi connectivity index (χ0n) is 10.4. The average molecular weight is 397 g/mol. The highest BCUT2D eigenvalue weighted by Gasteiger charge is 2.45. The van der Waals surface area contributed by atoms with E-state index in [1.165, 1.54) is 23.2 Å². The first kappa shape index (κ1) is 19.9. The molecule has 2 rings (SSSR count). The minimum absolute atomic E-state index is 0. The molecular weight excluding hydrogens is 382 g/mol. The Balaban J connectivity index is 0.00000180. The quantitative estimate of drug-likeness (QED) is 0.778. The van der Waals surface area contributed by atoms with E-state index in [9.17, 15) is 13.2 Å². The molecule has 1 aromatic rings. The summed E-state index contributed by atoms with van der Waals surface area (Å²) in [6.07, 6.45) is -2.83. The van der Waals surface area contributed by atoms with E-state index in [2.05, 4.69) is 26.2 Å². The number of hydrogen-bond donors (Lipinski definition) is 1. The first-order valence-corrected chi connectivity index (χ1v) is 6.41. The highest BCUT2D eigenvalue weighted by Crippen LogP contribution is 2.39. The molecule has 1 N–H and O–H groups in total. The van der Waals surface area contributed by atoms with E-state index in [0.29, 0.717) is 26.2 Å². The lowest BCUT2D eigenvalue weighted by molar-refractivity contribution is -0.188. The Hall–Kier alpha value is -0.0800. The second-order valence-corrected chi connectivity index (χ2v) is 4.86. The third-order valence-corrected chi connectivity index (χ3v) is 3.57. The molecular formula is C11H15BrCl2F3N3. The maximum atomic E-state index is 13.3. The molecule has 0 amide bonds. The summed E-state index contributed by atoms with van der Waals surface area (Å²) < 4.78 is 40.0. The third-order valence-electron chi connectivity index (χ3n) is 2.91. The molecule has 0 spiro atoms. The van der Waals surface area contributed by atoms with Gasteiger partial charge in [-0.25, -0.2) is 4.98 Å². The fraction of sp³-hybridized carbons (Fsp3) is 0.545. The number of rotatable bonds is 2. The smallest absolute Gasteiger partial charge is 0.314 e. The number of aromatic nitrogens is 1. The lowest BCUT2D eigenvalue weighted by atomic mass is 10.1. The monoisotopic (exact) mass is 395 g/mol. The number of nitrogens with one attached hydrogen (secondary N) is 1. The molecule has 1 fully saturated rings. The molecule has 1 atom stereocenters. The van der Waals surface area contributed by atoms with Crippen molar-refractivity contribution in [3.63, 3.8) is 0 Å². The maximum Gasteiger partial charge on any atom is 0.408 e. The third kappa shape index (κ3) is 4.73. The van der Waals surface area contributed by atoms with E-state index < -0.39 is 12.2 Å². The molecule has 9 heteroatoms. The van der Waals surface area contributed by atoms with Crippen LogP contribution in [0.2, 0.25) is 0 Å². The first-order valence-electron chi connectivity index (χ1n) is 5.62. The van der Waals surface area contributed by atoms with Crippen molar-refractivity contribution >= 4 is 40.7 Å². The SMILES string of the molecule is Cl.Cl.FC(F)(F)[C@@H](c1cccnc1Br)N1CCNCC1. The summed E-state index contributed by atoms with van der Waals surface area (Å²) in [4.78, 5) is 5.33. The van der Waals surface area contributed by atoms with Gasteiger partial charge in [-0.3, -0.25) is 4.90 Å². The topological polar surface area (TPSA) is 28.2 Å². The zero-order valence-corrected chi connectivity index (χ0v) is 13.6. The van der Waals surface area contributed by atoms with Gasteiger partial charge in [0, 0.05) is 37.9 Å². The van der Waals surface area contributed by atoms with Gasteiger partial charge in [0.2, 0.25) is 0 Å². The molecule has 20 heavy (non-hydrogen) atoms. The fourth-order valence-corrected chi connectivity index (χ4v) is 2.59. The van der Waals surface area contributed by atoms with E-state index in [0.717, 1.165) is 0 Å². The van der Waals surface area contributed by atoms with Gasteiger partial charge in [0.1, 0.15) is 10.6 Å². The summed E-state index contributed by atoms with van der Waals surface area (Å²) in [5, 5.41) is 3.05. The lowest BCUT2D eigenvalue weighted by Gasteiger charge is -2.36. The van der Waals surface area contributed by atoms with Gasteiger partial charge in [-0.1, -0.05) is 6.07 Å². The van der Waals surface area contributed by atoms with Gasteiger partial charge in [-0.15, -0.1) is 24.8 Å². The van der Waals surface area contributed by atoms with Gasteiger partial charge in [0.25, 0.3) is 0 Å². The van der Waals surface area contributed by atoms with Crippen LogP contribution in [-0.2, 0) is 0 Å². The molecule has 1 saturated heterocycles. The molecule has 3 nitrogen and oxygen atoms in total. The number of alkyl halides is 3. The van der Waals surface area contributed by atoms with Gasteiger partial charge in [0.15, 0.2) is 0 Å². The Morgan fingerprint density at radius 3 is 2.35 bits per heavy atom. The lowest BCUT2D eigenvalue weighted by Crippen LogP contribution is -2.49. The predicted octanol–water partition coefficient (Wildman–Crippen LogP) is 3.20. The minimum atomic E-state index is -4.30. The Morgan fingerprint density at radius 2 is 1.85 bits per heavy atom. The number of halogens is 6. The number of piperazine rings is 1. The van der Waals surface area contributed by atoms with Crippen molar-refractivity contribution in [1.82, 2.24) is 15.2 Å². The summed E-state index contributed by atoms with van der Waals surface area (Å²) in [5.41, 5.74) is 0.173. The summed E-state index contributed by atoms with van der Waals surface area (Å²) >= 11 is 3.10. The van der Waals surface area contributed by atoms with E-state index >= 15 is 0 Å². The van der Waals surface area contributed by atoms with Crippen LogP contribution in [0.1, 0.15) is 11.6 Å².